The monoisotopic (exact) mass is 450 g/mol. The van der Waals surface area contributed by atoms with Crippen molar-refractivity contribution in [2.24, 2.45) is 0 Å². The summed E-state index contributed by atoms with van der Waals surface area (Å²) in [5, 5.41) is 13.4. The molecule has 0 fully saturated rings. The fraction of sp³-hybridized carbons (Fsp3) is 0.179. The standard InChI is InChI=1S/C28H23N3O3/c32-22-8-4-7-21(16-22)25-17-31-27(23(29-25)13-18-5-2-1-3-6-18)30-24(28(31)33)14-19-9-10-20-11-12-34-26(20)15-19/h1-10,15-17,24,32H,11-14H2/p+1. The Balaban J connectivity index is 1.37. The van der Waals surface area contributed by atoms with Crippen molar-refractivity contribution in [2.45, 2.75) is 25.3 Å². The number of carbonyl (C=O) groups is 1. The summed E-state index contributed by atoms with van der Waals surface area (Å²) in [6.45, 7) is 0.715. The van der Waals surface area contributed by atoms with Gasteiger partial charge in [-0.1, -0.05) is 54.6 Å². The molecule has 34 heavy (non-hydrogen) atoms. The molecule has 4 aromatic rings. The fourth-order valence-electron chi connectivity index (χ4n) is 4.70. The molecule has 0 saturated heterocycles. The summed E-state index contributed by atoms with van der Waals surface area (Å²) < 4.78 is 7.39. The van der Waals surface area contributed by atoms with E-state index in [2.05, 4.69) is 29.6 Å². The van der Waals surface area contributed by atoms with Crippen LogP contribution in [-0.2, 0) is 19.3 Å². The number of phenols is 1. The second kappa shape index (κ2) is 8.30. The largest absolute Gasteiger partial charge is 0.508 e. The lowest BCUT2D eigenvalue weighted by atomic mass is 10.0. The van der Waals surface area contributed by atoms with Gasteiger partial charge in [0.2, 0.25) is 0 Å². The van der Waals surface area contributed by atoms with Crippen molar-refractivity contribution >= 4 is 11.7 Å². The van der Waals surface area contributed by atoms with Crippen LogP contribution in [0, 0.1) is 0 Å². The van der Waals surface area contributed by atoms with Gasteiger partial charge in [-0.2, -0.15) is 4.57 Å². The second-order valence-corrected chi connectivity index (χ2v) is 8.78. The number of carbonyl (C=O) groups excluding carboxylic acids is 1. The number of anilines is 1. The first-order valence-corrected chi connectivity index (χ1v) is 11.5. The van der Waals surface area contributed by atoms with Crippen LogP contribution in [0.4, 0.5) is 5.82 Å². The van der Waals surface area contributed by atoms with Gasteiger partial charge in [0, 0.05) is 24.8 Å². The molecule has 1 unspecified atom stereocenters. The molecule has 3 aromatic carbocycles. The van der Waals surface area contributed by atoms with E-state index in [0.29, 0.717) is 25.1 Å². The normalized spacial score (nSPS) is 16.0. The van der Waals surface area contributed by atoms with Crippen molar-refractivity contribution in [1.29, 1.82) is 0 Å². The predicted molar refractivity (Wildman–Crippen MR) is 128 cm³/mol. The molecule has 1 atom stereocenters. The summed E-state index contributed by atoms with van der Waals surface area (Å²) >= 11 is 0. The third-order valence-corrected chi connectivity index (χ3v) is 6.42. The Hall–Kier alpha value is -4.19. The Morgan fingerprint density at radius 2 is 1.91 bits per heavy atom. The van der Waals surface area contributed by atoms with Crippen LogP contribution in [0.2, 0.25) is 0 Å². The molecule has 0 aliphatic carbocycles. The van der Waals surface area contributed by atoms with E-state index in [4.69, 9.17) is 9.72 Å². The smallest absolute Gasteiger partial charge is 0.359 e. The zero-order valence-electron chi connectivity index (χ0n) is 18.6. The lowest BCUT2D eigenvalue weighted by Gasteiger charge is -2.07. The van der Waals surface area contributed by atoms with E-state index in [1.165, 1.54) is 5.56 Å². The van der Waals surface area contributed by atoms with Gasteiger partial charge in [-0.3, -0.25) is 5.32 Å². The molecule has 3 heterocycles. The first kappa shape index (κ1) is 20.4. The van der Waals surface area contributed by atoms with Crippen LogP contribution in [0.1, 0.15) is 27.2 Å². The summed E-state index contributed by atoms with van der Waals surface area (Å²) in [5.41, 5.74) is 5.59. The van der Waals surface area contributed by atoms with E-state index < -0.39 is 6.04 Å². The molecular weight excluding hydrogens is 426 g/mol. The summed E-state index contributed by atoms with van der Waals surface area (Å²) in [5.74, 6) is 1.79. The molecule has 0 radical (unpaired) electrons. The number of fused-ring (bicyclic) bond motifs is 2. The van der Waals surface area contributed by atoms with Crippen molar-refractivity contribution in [3.8, 4) is 22.8 Å². The van der Waals surface area contributed by atoms with Crippen molar-refractivity contribution in [1.82, 2.24) is 4.98 Å². The van der Waals surface area contributed by atoms with Crippen molar-refractivity contribution in [3.05, 3.63) is 101 Å². The van der Waals surface area contributed by atoms with Crippen LogP contribution in [0.5, 0.6) is 11.5 Å². The maximum Gasteiger partial charge on any atom is 0.359 e. The number of benzene rings is 3. The van der Waals surface area contributed by atoms with Crippen LogP contribution in [0.25, 0.3) is 11.3 Å². The van der Waals surface area contributed by atoms with E-state index in [9.17, 15) is 9.90 Å². The Bertz CT molecular complexity index is 1400. The number of aromatic nitrogens is 2. The average molecular weight is 451 g/mol. The molecule has 0 saturated carbocycles. The van der Waals surface area contributed by atoms with Crippen molar-refractivity contribution in [3.63, 3.8) is 0 Å². The molecule has 0 spiro atoms. The van der Waals surface area contributed by atoms with Crippen molar-refractivity contribution in [2.75, 3.05) is 11.9 Å². The zero-order chi connectivity index (χ0) is 23.1. The van der Waals surface area contributed by atoms with Gasteiger partial charge in [0.15, 0.2) is 6.04 Å². The lowest BCUT2D eigenvalue weighted by Crippen LogP contribution is -2.44. The number of hydrogen-bond acceptors (Lipinski definition) is 5. The summed E-state index contributed by atoms with van der Waals surface area (Å²) in [6.07, 6.45) is 3.84. The highest BCUT2D eigenvalue weighted by Crippen LogP contribution is 2.29. The minimum absolute atomic E-state index is 0.0190. The predicted octanol–water partition coefficient (Wildman–Crippen LogP) is 3.94. The maximum absolute atomic E-state index is 13.5. The van der Waals surface area contributed by atoms with Gasteiger partial charge >= 0.3 is 11.7 Å². The maximum atomic E-state index is 13.5. The molecule has 2 aliphatic rings. The van der Waals surface area contributed by atoms with Crippen molar-refractivity contribution < 1.29 is 19.2 Å². The molecule has 2 aliphatic heterocycles. The molecule has 0 bridgehead atoms. The molecule has 6 heteroatoms. The van der Waals surface area contributed by atoms with Gasteiger partial charge in [-0.15, -0.1) is 0 Å². The number of rotatable bonds is 5. The Labute approximate surface area is 197 Å². The summed E-state index contributed by atoms with van der Waals surface area (Å²) in [7, 11) is 0. The highest BCUT2D eigenvalue weighted by molar-refractivity contribution is 5.83. The lowest BCUT2D eigenvalue weighted by molar-refractivity contribution is -0.552. The Morgan fingerprint density at radius 3 is 2.76 bits per heavy atom. The molecule has 6 nitrogen and oxygen atoms in total. The number of ether oxygens (including phenoxy) is 1. The first-order valence-electron chi connectivity index (χ1n) is 11.5. The van der Waals surface area contributed by atoms with E-state index in [-0.39, 0.29) is 11.7 Å². The van der Waals surface area contributed by atoms with Crippen LogP contribution in [-0.4, -0.2) is 28.6 Å². The molecule has 6 rings (SSSR count). The summed E-state index contributed by atoms with van der Waals surface area (Å²) in [4.78, 5) is 18.4. The molecule has 0 amide bonds. The van der Waals surface area contributed by atoms with E-state index >= 15 is 0 Å². The highest BCUT2D eigenvalue weighted by Gasteiger charge is 2.41. The third kappa shape index (κ3) is 3.77. The zero-order valence-corrected chi connectivity index (χ0v) is 18.6. The van der Waals surface area contributed by atoms with Crippen LogP contribution < -0.4 is 14.6 Å². The van der Waals surface area contributed by atoms with Gasteiger partial charge in [-0.05, 0) is 34.9 Å². The molecule has 2 N–H and O–H groups in total. The minimum atomic E-state index is -0.393. The quantitative estimate of drug-likeness (QED) is 0.451. The molecule has 1 aromatic heterocycles. The van der Waals surface area contributed by atoms with Gasteiger partial charge in [0.1, 0.15) is 29.1 Å². The first-order chi connectivity index (χ1) is 16.6. The highest BCUT2D eigenvalue weighted by atomic mass is 16.5. The average Bonchev–Trinajstić information content (AvgIpc) is 3.44. The Kier molecular flexibility index (Phi) is 4.99. The van der Waals surface area contributed by atoms with Gasteiger partial charge < -0.3 is 9.84 Å². The number of phenolic OH excluding ortho intramolecular Hbond substituents is 1. The van der Waals surface area contributed by atoms with Crippen LogP contribution in [0.3, 0.4) is 0 Å². The van der Waals surface area contributed by atoms with Gasteiger partial charge in [0.25, 0.3) is 0 Å². The molecular formula is C28H24N3O3+. The number of nitrogens with one attached hydrogen (secondary N) is 1. The minimum Gasteiger partial charge on any atom is -0.508 e. The van der Waals surface area contributed by atoms with Gasteiger partial charge in [-0.25, -0.2) is 9.78 Å². The topological polar surface area (TPSA) is 75.3 Å². The van der Waals surface area contributed by atoms with E-state index in [1.807, 2.05) is 30.3 Å². The SMILES string of the molecule is O=C1C(Cc2ccc3c(c2)OCC3)Nc2c(Cc3ccccc3)nc(-c3cccc(O)c3)c[n+]21. The second-order valence-electron chi connectivity index (χ2n) is 8.78. The Morgan fingerprint density at radius 1 is 1.03 bits per heavy atom. The van der Waals surface area contributed by atoms with Crippen LogP contribution in [0.15, 0.2) is 79.0 Å². The number of hydrogen-bond donors (Lipinski definition) is 2. The van der Waals surface area contributed by atoms with Gasteiger partial charge in [0.05, 0.1) is 6.61 Å². The van der Waals surface area contributed by atoms with E-state index in [0.717, 1.165) is 40.4 Å². The third-order valence-electron chi connectivity index (χ3n) is 6.42. The van der Waals surface area contributed by atoms with E-state index in [1.54, 1.807) is 29.0 Å². The fourth-order valence-corrected chi connectivity index (χ4v) is 4.70. The molecule has 168 valence electrons. The summed E-state index contributed by atoms with van der Waals surface area (Å²) in [6, 6.07) is 22.9. The number of nitrogens with zero attached hydrogens (tertiary/aromatic N) is 2. The number of aromatic hydroxyl groups is 1. The van der Waals surface area contributed by atoms with Crippen LogP contribution >= 0.6 is 0 Å².